The maximum atomic E-state index is 11.5. The van der Waals surface area contributed by atoms with Crippen molar-refractivity contribution in [2.24, 2.45) is 0 Å². The highest BCUT2D eigenvalue weighted by molar-refractivity contribution is 5.91. The number of aromatic nitrogens is 2. The van der Waals surface area contributed by atoms with E-state index in [1.54, 1.807) is 24.7 Å². The van der Waals surface area contributed by atoms with Crippen LogP contribution < -0.4 is 5.32 Å². The highest BCUT2D eigenvalue weighted by atomic mass is 35.5. The smallest absolute Gasteiger partial charge is 0.244 e. The predicted molar refractivity (Wildman–Crippen MR) is 78.0 cm³/mol. The molecule has 5 heteroatoms. The minimum Gasteiger partial charge on any atom is -0.352 e. The molecular weight excluding hydrogens is 262 g/mol. The van der Waals surface area contributed by atoms with Crippen molar-refractivity contribution in [3.63, 3.8) is 0 Å². The van der Waals surface area contributed by atoms with E-state index >= 15 is 0 Å². The molecule has 0 aliphatic rings. The summed E-state index contributed by atoms with van der Waals surface area (Å²) in [5.74, 6) is -0.0848. The monoisotopic (exact) mass is 277 g/mol. The van der Waals surface area contributed by atoms with Crippen LogP contribution in [0.3, 0.4) is 0 Å². The lowest BCUT2D eigenvalue weighted by Gasteiger charge is -2.00. The van der Waals surface area contributed by atoms with Crippen LogP contribution in [0.4, 0.5) is 0 Å². The zero-order valence-electron chi connectivity index (χ0n) is 10.4. The summed E-state index contributed by atoms with van der Waals surface area (Å²) >= 11 is 0. The van der Waals surface area contributed by atoms with Crippen molar-refractivity contribution in [1.29, 1.82) is 0 Å². The molecule has 0 unspecified atom stereocenters. The molecule has 1 heterocycles. The summed E-state index contributed by atoms with van der Waals surface area (Å²) in [6.07, 6.45) is 7.48. The van der Waals surface area contributed by atoms with Crippen LogP contribution in [0.25, 0.3) is 6.08 Å². The summed E-state index contributed by atoms with van der Waals surface area (Å²) in [6, 6.07) is 9.73. The first kappa shape index (κ1) is 15.0. The zero-order chi connectivity index (χ0) is 12.6. The Morgan fingerprint density at radius 2 is 2.11 bits per heavy atom. The van der Waals surface area contributed by atoms with Gasteiger partial charge in [-0.2, -0.15) is 0 Å². The molecule has 19 heavy (non-hydrogen) atoms. The number of aromatic amines is 1. The van der Waals surface area contributed by atoms with Gasteiger partial charge in [-0.15, -0.1) is 12.4 Å². The molecule has 1 aromatic heterocycles. The Bertz CT molecular complexity index is 509. The number of hydrogen-bond donors (Lipinski definition) is 2. The summed E-state index contributed by atoms with van der Waals surface area (Å²) in [7, 11) is 0. The van der Waals surface area contributed by atoms with Gasteiger partial charge in [0.05, 0.1) is 6.33 Å². The lowest BCUT2D eigenvalue weighted by atomic mass is 10.2. The number of halogens is 1. The quantitative estimate of drug-likeness (QED) is 0.823. The van der Waals surface area contributed by atoms with Crippen molar-refractivity contribution in [3.8, 4) is 0 Å². The number of hydrogen-bond acceptors (Lipinski definition) is 2. The second-order valence-electron chi connectivity index (χ2n) is 3.86. The number of nitrogens with one attached hydrogen (secondary N) is 2. The van der Waals surface area contributed by atoms with Crippen LogP contribution in [0.1, 0.15) is 11.3 Å². The Labute approximate surface area is 118 Å². The van der Waals surface area contributed by atoms with E-state index in [1.165, 1.54) is 0 Å². The Kier molecular flexibility index (Phi) is 6.39. The number of H-pyrrole nitrogens is 1. The average Bonchev–Trinajstić information content (AvgIpc) is 2.91. The van der Waals surface area contributed by atoms with E-state index in [2.05, 4.69) is 15.3 Å². The van der Waals surface area contributed by atoms with Crippen LogP contribution in [0.2, 0.25) is 0 Å². The van der Waals surface area contributed by atoms with Crippen molar-refractivity contribution in [2.75, 3.05) is 6.54 Å². The molecule has 1 aromatic carbocycles. The van der Waals surface area contributed by atoms with Gasteiger partial charge in [-0.1, -0.05) is 30.3 Å². The van der Waals surface area contributed by atoms with E-state index in [1.807, 2.05) is 30.3 Å². The van der Waals surface area contributed by atoms with Crippen LogP contribution >= 0.6 is 12.4 Å². The molecule has 2 rings (SSSR count). The Hall–Kier alpha value is -2.07. The van der Waals surface area contributed by atoms with Gasteiger partial charge in [-0.05, 0) is 11.6 Å². The first-order valence-electron chi connectivity index (χ1n) is 5.83. The summed E-state index contributed by atoms with van der Waals surface area (Å²) in [6.45, 7) is 0.597. The molecule has 0 aliphatic heterocycles. The highest BCUT2D eigenvalue weighted by Gasteiger charge is 1.96. The van der Waals surface area contributed by atoms with Crippen molar-refractivity contribution in [2.45, 2.75) is 6.42 Å². The van der Waals surface area contributed by atoms with Gasteiger partial charge in [0, 0.05) is 30.9 Å². The maximum Gasteiger partial charge on any atom is 0.244 e. The second kappa shape index (κ2) is 8.11. The Balaban J connectivity index is 0.00000180. The first-order chi connectivity index (χ1) is 8.84. The van der Waals surface area contributed by atoms with E-state index < -0.39 is 0 Å². The fourth-order valence-electron chi connectivity index (χ4n) is 1.54. The fraction of sp³-hybridized carbons (Fsp3) is 0.143. The van der Waals surface area contributed by atoms with Crippen molar-refractivity contribution >= 4 is 24.4 Å². The summed E-state index contributed by atoms with van der Waals surface area (Å²) < 4.78 is 0. The molecule has 100 valence electrons. The van der Waals surface area contributed by atoms with Gasteiger partial charge in [0.1, 0.15) is 0 Å². The van der Waals surface area contributed by atoms with Crippen LogP contribution in [-0.2, 0) is 11.2 Å². The van der Waals surface area contributed by atoms with Gasteiger partial charge < -0.3 is 10.3 Å². The summed E-state index contributed by atoms with van der Waals surface area (Å²) in [5, 5.41) is 2.82. The molecule has 0 aliphatic carbocycles. The standard InChI is InChI=1S/C14H15N3O.ClH/c18-14(7-6-12-4-2-1-3-5-12)16-9-8-13-10-15-11-17-13;/h1-7,10-11H,8-9H2,(H,15,17)(H,16,18);1H. The molecule has 1 amide bonds. The molecule has 0 spiro atoms. The third-order valence-corrected chi connectivity index (χ3v) is 2.48. The van der Waals surface area contributed by atoms with Gasteiger partial charge >= 0.3 is 0 Å². The van der Waals surface area contributed by atoms with Crippen molar-refractivity contribution < 1.29 is 4.79 Å². The second-order valence-corrected chi connectivity index (χ2v) is 3.86. The molecule has 2 aromatic rings. The van der Waals surface area contributed by atoms with E-state index in [0.29, 0.717) is 6.54 Å². The van der Waals surface area contributed by atoms with Crippen molar-refractivity contribution in [3.05, 3.63) is 60.2 Å². The van der Waals surface area contributed by atoms with Gasteiger partial charge in [-0.3, -0.25) is 4.79 Å². The largest absolute Gasteiger partial charge is 0.352 e. The molecule has 0 saturated heterocycles. The van der Waals surface area contributed by atoms with Crippen molar-refractivity contribution in [1.82, 2.24) is 15.3 Å². The number of benzene rings is 1. The SMILES string of the molecule is Cl.O=C(C=Cc1ccccc1)NCCc1cnc[nH]1. The van der Waals surface area contributed by atoms with E-state index in [4.69, 9.17) is 0 Å². The lowest BCUT2D eigenvalue weighted by molar-refractivity contribution is -0.116. The van der Waals surface area contributed by atoms with Gasteiger partial charge in [0.25, 0.3) is 0 Å². The highest BCUT2D eigenvalue weighted by Crippen LogP contribution is 2.00. The fourth-order valence-corrected chi connectivity index (χ4v) is 1.54. The normalized spacial score (nSPS) is 10.1. The van der Waals surface area contributed by atoms with Crippen LogP contribution in [-0.4, -0.2) is 22.4 Å². The molecule has 0 bridgehead atoms. The van der Waals surface area contributed by atoms with Crippen LogP contribution in [0.5, 0.6) is 0 Å². The Morgan fingerprint density at radius 3 is 2.79 bits per heavy atom. The first-order valence-corrected chi connectivity index (χ1v) is 5.83. The zero-order valence-corrected chi connectivity index (χ0v) is 11.2. The van der Waals surface area contributed by atoms with E-state index in [9.17, 15) is 4.79 Å². The molecular formula is C14H16ClN3O. The molecule has 2 N–H and O–H groups in total. The van der Waals surface area contributed by atoms with E-state index in [-0.39, 0.29) is 18.3 Å². The number of amides is 1. The van der Waals surface area contributed by atoms with Gasteiger partial charge in [0.15, 0.2) is 0 Å². The molecule has 0 radical (unpaired) electrons. The average molecular weight is 278 g/mol. The number of imidazole rings is 1. The van der Waals surface area contributed by atoms with Crippen LogP contribution in [0.15, 0.2) is 48.9 Å². The minimum atomic E-state index is -0.0848. The predicted octanol–water partition coefficient (Wildman–Crippen LogP) is 2.20. The van der Waals surface area contributed by atoms with E-state index in [0.717, 1.165) is 17.7 Å². The number of rotatable bonds is 5. The molecule has 0 fully saturated rings. The maximum absolute atomic E-state index is 11.5. The third-order valence-electron chi connectivity index (χ3n) is 2.48. The number of carbonyl (C=O) groups excluding carboxylic acids is 1. The third kappa shape index (κ3) is 5.40. The topological polar surface area (TPSA) is 57.8 Å². The summed E-state index contributed by atoms with van der Waals surface area (Å²) in [4.78, 5) is 18.4. The summed E-state index contributed by atoms with van der Waals surface area (Å²) in [5.41, 5.74) is 2.03. The molecule has 0 atom stereocenters. The Morgan fingerprint density at radius 1 is 1.32 bits per heavy atom. The molecule has 0 saturated carbocycles. The van der Waals surface area contributed by atoms with Gasteiger partial charge in [0.2, 0.25) is 5.91 Å². The molecule has 4 nitrogen and oxygen atoms in total. The van der Waals surface area contributed by atoms with Crippen LogP contribution in [0, 0.1) is 0 Å². The number of carbonyl (C=O) groups is 1. The minimum absolute atomic E-state index is 0. The van der Waals surface area contributed by atoms with Gasteiger partial charge in [-0.25, -0.2) is 4.98 Å². The number of nitrogens with zero attached hydrogens (tertiary/aromatic N) is 1. The lowest BCUT2D eigenvalue weighted by Crippen LogP contribution is -2.23.